The first-order valence-electron chi connectivity index (χ1n) is 10.9. The molecule has 0 unspecified atom stereocenters. The van der Waals surface area contributed by atoms with E-state index in [1.54, 1.807) is 12.1 Å². The van der Waals surface area contributed by atoms with Gasteiger partial charge in [0.2, 0.25) is 11.8 Å². The fourth-order valence-corrected chi connectivity index (χ4v) is 4.47. The van der Waals surface area contributed by atoms with Crippen LogP contribution in [0.5, 0.6) is 0 Å². The Morgan fingerprint density at radius 2 is 1.53 bits per heavy atom. The van der Waals surface area contributed by atoms with Crippen LogP contribution in [0.3, 0.4) is 0 Å². The van der Waals surface area contributed by atoms with Crippen molar-refractivity contribution in [1.82, 2.24) is 0 Å². The lowest BCUT2D eigenvalue weighted by Gasteiger charge is -2.31. The van der Waals surface area contributed by atoms with Crippen LogP contribution in [0.15, 0.2) is 36.4 Å². The van der Waals surface area contributed by atoms with Gasteiger partial charge in [0.15, 0.2) is 0 Å². The third-order valence-corrected chi connectivity index (χ3v) is 6.31. The molecule has 1 saturated heterocycles. The summed E-state index contributed by atoms with van der Waals surface area (Å²) in [4.78, 5) is 22.8. The highest BCUT2D eigenvalue weighted by atomic mass is 79.9. The number of nitrogens with one attached hydrogen (secondary N) is 2. The summed E-state index contributed by atoms with van der Waals surface area (Å²) in [5, 5.41) is 7.30. The van der Waals surface area contributed by atoms with Crippen molar-refractivity contribution in [2.75, 3.05) is 47.7 Å². The van der Waals surface area contributed by atoms with Crippen molar-refractivity contribution >= 4 is 55.0 Å². The van der Waals surface area contributed by atoms with E-state index in [0.717, 1.165) is 46.4 Å². The van der Waals surface area contributed by atoms with Crippen molar-refractivity contribution in [3.05, 3.63) is 59.2 Å². The van der Waals surface area contributed by atoms with Gasteiger partial charge < -0.3 is 20.1 Å². The molecule has 5 rings (SSSR count). The molecule has 34 heavy (non-hydrogen) atoms. The third kappa shape index (κ3) is 6.62. The molecule has 3 heterocycles. The average molecular weight is 604 g/mol. The zero-order chi connectivity index (χ0) is 24.6. The first-order valence-corrected chi connectivity index (χ1v) is 13.1. The summed E-state index contributed by atoms with van der Waals surface area (Å²) in [7, 11) is 0. The van der Waals surface area contributed by atoms with Crippen LogP contribution in [-0.2, 0) is 30.9 Å². The monoisotopic (exact) mass is 602 g/mol. The lowest BCUT2D eigenvalue weighted by Crippen LogP contribution is -2.40. The number of rotatable bonds is 4. The van der Waals surface area contributed by atoms with Crippen LogP contribution in [-0.4, -0.2) is 48.9 Å². The third-order valence-electron chi connectivity index (χ3n) is 5.66. The maximum absolute atomic E-state index is 13.3. The van der Waals surface area contributed by atoms with Gasteiger partial charge in [0.25, 0.3) is 0 Å². The number of anilines is 2. The van der Waals surface area contributed by atoms with Crippen LogP contribution in [0, 0.1) is 11.6 Å². The van der Waals surface area contributed by atoms with Gasteiger partial charge in [-0.25, -0.2) is 8.78 Å². The van der Waals surface area contributed by atoms with Crippen molar-refractivity contribution in [1.29, 1.82) is 0 Å². The minimum atomic E-state index is -0.560. The molecule has 3 aliphatic rings. The Hall–Kier alpha value is -1.88. The van der Waals surface area contributed by atoms with Gasteiger partial charge in [0.1, 0.15) is 11.6 Å². The number of alkyl halides is 2. The average Bonchev–Trinajstić information content (AvgIpc) is 3.32. The Balaban J connectivity index is 0.000000157. The van der Waals surface area contributed by atoms with Crippen molar-refractivity contribution in [2.24, 2.45) is 0 Å². The number of hydrogen-bond donors (Lipinski definition) is 2. The number of fused-ring (bicyclic) bond motifs is 3. The Kier molecular flexibility index (Phi) is 9.99. The maximum atomic E-state index is 13.3. The van der Waals surface area contributed by atoms with Crippen molar-refractivity contribution in [3.63, 3.8) is 0 Å². The molecular weight excluding hydrogens is 578 g/mol. The lowest BCUT2D eigenvalue weighted by molar-refractivity contribution is -0.124. The molecule has 6 nitrogen and oxygen atoms in total. The molecule has 2 aromatic carbocycles. The van der Waals surface area contributed by atoms with Crippen LogP contribution in [0.4, 0.5) is 20.2 Å². The predicted octanol–water partition coefficient (Wildman–Crippen LogP) is 4.94. The Labute approximate surface area is 214 Å². The fourth-order valence-electron chi connectivity index (χ4n) is 4.01. The Morgan fingerprint density at radius 3 is 2.18 bits per heavy atom. The number of halogens is 4. The van der Waals surface area contributed by atoms with E-state index in [9.17, 15) is 18.4 Å². The van der Waals surface area contributed by atoms with Crippen LogP contribution >= 0.6 is 31.9 Å². The molecule has 0 atom stereocenters. The quantitative estimate of drug-likeness (QED) is 0.383. The highest BCUT2D eigenvalue weighted by Gasteiger charge is 2.47. The zero-order valence-corrected chi connectivity index (χ0v) is 21.6. The second kappa shape index (κ2) is 12.7. The van der Waals surface area contributed by atoms with Crippen molar-refractivity contribution < 1.29 is 27.8 Å². The molecule has 0 radical (unpaired) electrons. The van der Waals surface area contributed by atoms with E-state index < -0.39 is 5.41 Å². The summed E-state index contributed by atoms with van der Waals surface area (Å²) in [6.45, 7) is 2.74. The van der Waals surface area contributed by atoms with Crippen molar-refractivity contribution in [2.45, 2.75) is 24.7 Å². The molecule has 0 aliphatic carbocycles. The normalized spacial score (nSPS) is 16.9. The number of carbonyl (C=O) groups excluding carboxylic acids is 2. The second-order valence-electron chi connectivity index (χ2n) is 7.86. The summed E-state index contributed by atoms with van der Waals surface area (Å²) < 4.78 is 36.1. The van der Waals surface area contributed by atoms with E-state index in [4.69, 9.17) is 9.47 Å². The first kappa shape index (κ1) is 26.7. The summed E-state index contributed by atoms with van der Waals surface area (Å²) >= 11 is 6.48. The number of benzene rings is 2. The van der Waals surface area contributed by atoms with Gasteiger partial charge in [-0.1, -0.05) is 31.9 Å². The van der Waals surface area contributed by atoms with Gasteiger partial charge in [-0.3, -0.25) is 9.59 Å². The zero-order valence-electron chi connectivity index (χ0n) is 18.5. The SMILES string of the molecule is BrCCOCCBr.O=C1Cc2cc(F)ccc2N1.O=C1Nc2ccc(F)cc2C12CCOCC2. The number of ether oxygens (including phenoxy) is 2. The van der Waals surface area contributed by atoms with Crippen LogP contribution in [0.1, 0.15) is 24.0 Å². The fraction of sp³-hybridized carbons (Fsp3) is 0.417. The largest absolute Gasteiger partial charge is 0.381 e. The Bertz CT molecular complexity index is 1010. The molecule has 2 amide bonds. The van der Waals surface area contributed by atoms with Gasteiger partial charge in [-0.15, -0.1) is 0 Å². The van der Waals surface area contributed by atoms with Gasteiger partial charge in [-0.05, 0) is 60.4 Å². The summed E-state index contributed by atoms with van der Waals surface area (Å²) in [5.41, 5.74) is 2.45. The standard InChI is InChI=1S/C12H12FNO2.C8H6FNO.C4H8Br2O/c13-8-1-2-10-9(7-8)12(11(15)14-10)3-5-16-6-4-12;9-6-1-2-7-5(3-6)4-8(11)10-7;5-1-3-7-4-2-6/h1-2,7H,3-6H2,(H,14,15);1-3H,4H2,(H,10,11);1-4H2. The molecule has 184 valence electrons. The molecule has 3 aliphatic heterocycles. The van der Waals surface area contributed by atoms with Gasteiger partial charge in [-0.2, -0.15) is 0 Å². The molecule has 2 N–H and O–H groups in total. The molecule has 1 fully saturated rings. The van der Waals surface area contributed by atoms with Gasteiger partial charge in [0.05, 0.1) is 25.0 Å². The van der Waals surface area contributed by atoms with Crippen LogP contribution < -0.4 is 10.6 Å². The molecule has 2 aromatic rings. The predicted molar refractivity (Wildman–Crippen MR) is 134 cm³/mol. The minimum absolute atomic E-state index is 0.0172. The highest BCUT2D eigenvalue weighted by molar-refractivity contribution is 9.09. The van der Waals surface area contributed by atoms with Crippen LogP contribution in [0.2, 0.25) is 0 Å². The summed E-state index contributed by atoms with van der Waals surface area (Å²) in [6, 6.07) is 8.77. The van der Waals surface area contributed by atoms with Gasteiger partial charge in [0, 0.05) is 35.2 Å². The van der Waals surface area contributed by atoms with E-state index in [0.29, 0.717) is 32.5 Å². The first-order chi connectivity index (χ1) is 16.4. The van der Waals surface area contributed by atoms with Gasteiger partial charge >= 0.3 is 0 Å². The minimum Gasteiger partial charge on any atom is -0.381 e. The smallest absolute Gasteiger partial charge is 0.235 e. The molecule has 0 saturated carbocycles. The molecular formula is C24H26Br2F2N2O4. The summed E-state index contributed by atoms with van der Waals surface area (Å²) in [5.74, 6) is -0.664. The second-order valence-corrected chi connectivity index (χ2v) is 9.44. The highest BCUT2D eigenvalue weighted by Crippen LogP contribution is 2.44. The lowest BCUT2D eigenvalue weighted by atomic mass is 9.75. The molecule has 0 bridgehead atoms. The van der Waals surface area contributed by atoms with E-state index in [2.05, 4.69) is 42.5 Å². The van der Waals surface area contributed by atoms with Crippen LogP contribution in [0.25, 0.3) is 0 Å². The van der Waals surface area contributed by atoms with E-state index >= 15 is 0 Å². The summed E-state index contributed by atoms with van der Waals surface area (Å²) in [6.07, 6.45) is 1.57. The van der Waals surface area contributed by atoms with E-state index in [1.807, 2.05) is 0 Å². The molecule has 0 aromatic heterocycles. The number of hydrogen-bond acceptors (Lipinski definition) is 4. The molecule has 1 spiro atoms. The van der Waals surface area contributed by atoms with E-state index in [1.165, 1.54) is 24.3 Å². The van der Waals surface area contributed by atoms with Crippen molar-refractivity contribution in [3.8, 4) is 0 Å². The Morgan fingerprint density at radius 1 is 0.912 bits per heavy atom. The number of carbonyl (C=O) groups is 2. The van der Waals surface area contributed by atoms with E-state index in [-0.39, 0.29) is 23.4 Å². The maximum Gasteiger partial charge on any atom is 0.235 e. The number of amides is 2. The topological polar surface area (TPSA) is 76.7 Å². The molecule has 10 heteroatoms.